The van der Waals surface area contributed by atoms with Crippen molar-refractivity contribution in [2.24, 2.45) is 0 Å². The van der Waals surface area contributed by atoms with Crippen molar-refractivity contribution in [3.63, 3.8) is 0 Å². The van der Waals surface area contributed by atoms with E-state index in [9.17, 15) is 9.59 Å². The van der Waals surface area contributed by atoms with Crippen molar-refractivity contribution in [3.8, 4) is 17.2 Å². The highest BCUT2D eigenvalue weighted by atomic mass is 16.5. The van der Waals surface area contributed by atoms with Crippen LogP contribution in [0.3, 0.4) is 0 Å². The van der Waals surface area contributed by atoms with E-state index in [2.05, 4.69) is 5.32 Å². The third-order valence-electron chi connectivity index (χ3n) is 3.39. The highest BCUT2D eigenvalue weighted by Crippen LogP contribution is 2.25. The molecule has 0 fully saturated rings. The summed E-state index contributed by atoms with van der Waals surface area (Å²) in [4.78, 5) is 23.0. The minimum Gasteiger partial charge on any atom is -0.495 e. The summed E-state index contributed by atoms with van der Waals surface area (Å²) in [6, 6.07) is 11.2. The largest absolute Gasteiger partial charge is 0.495 e. The van der Waals surface area contributed by atoms with Gasteiger partial charge in [0.15, 0.2) is 6.61 Å². The summed E-state index contributed by atoms with van der Waals surface area (Å²) in [6.45, 7) is 2.48. The van der Waals surface area contributed by atoms with E-state index in [1.165, 1.54) is 25.3 Å². The number of nitrogens with one attached hydrogen (secondary N) is 1. The van der Waals surface area contributed by atoms with E-state index in [1.54, 1.807) is 24.3 Å². The van der Waals surface area contributed by atoms with Gasteiger partial charge in [0, 0.05) is 0 Å². The van der Waals surface area contributed by atoms with Gasteiger partial charge in [-0.2, -0.15) is 0 Å². The molecule has 0 atom stereocenters. The average molecular weight is 359 g/mol. The summed E-state index contributed by atoms with van der Waals surface area (Å²) in [5.74, 6) is 0.0772. The van der Waals surface area contributed by atoms with E-state index in [0.29, 0.717) is 18.0 Å². The van der Waals surface area contributed by atoms with E-state index >= 15 is 0 Å². The van der Waals surface area contributed by atoms with Gasteiger partial charge in [0.1, 0.15) is 17.2 Å². The Labute approximate surface area is 151 Å². The molecule has 0 spiro atoms. The van der Waals surface area contributed by atoms with Crippen LogP contribution in [0.5, 0.6) is 17.2 Å². The van der Waals surface area contributed by atoms with Gasteiger partial charge in [0.2, 0.25) is 0 Å². The van der Waals surface area contributed by atoms with Crippen LogP contribution in [0, 0.1) is 0 Å². The molecule has 7 nitrogen and oxygen atoms in total. The van der Waals surface area contributed by atoms with Crippen LogP contribution in [0.1, 0.15) is 23.7 Å². The molecule has 0 radical (unpaired) electrons. The quantitative estimate of drug-likeness (QED) is 0.714. The van der Waals surface area contributed by atoms with E-state index in [-0.39, 0.29) is 17.9 Å². The van der Waals surface area contributed by atoms with Crippen LogP contribution in [-0.2, 0) is 4.79 Å². The maximum atomic E-state index is 12.0. The molecule has 1 amide bonds. The molecule has 2 aromatic rings. The van der Waals surface area contributed by atoms with E-state index in [4.69, 9.17) is 19.3 Å². The molecule has 0 aromatic heterocycles. The Hall–Kier alpha value is -3.22. The van der Waals surface area contributed by atoms with E-state index < -0.39 is 11.9 Å². The normalized spacial score (nSPS) is 10.1. The minimum absolute atomic E-state index is 0.0708. The Kier molecular flexibility index (Phi) is 6.84. The fourth-order valence-corrected chi connectivity index (χ4v) is 2.11. The van der Waals surface area contributed by atoms with Crippen molar-refractivity contribution < 1.29 is 28.9 Å². The third-order valence-corrected chi connectivity index (χ3v) is 3.39. The number of carboxylic acids is 1. The van der Waals surface area contributed by atoms with E-state index in [0.717, 1.165) is 12.2 Å². The molecule has 0 saturated carbocycles. The van der Waals surface area contributed by atoms with Crippen LogP contribution in [-0.4, -0.2) is 37.3 Å². The molecule has 0 unspecified atom stereocenters. The van der Waals surface area contributed by atoms with Crippen molar-refractivity contribution in [3.05, 3.63) is 48.0 Å². The number of carboxylic acid groups (broad SMARTS) is 1. The van der Waals surface area contributed by atoms with Crippen LogP contribution >= 0.6 is 0 Å². The summed E-state index contributed by atoms with van der Waals surface area (Å²) in [5.41, 5.74) is 0.441. The third kappa shape index (κ3) is 5.41. The van der Waals surface area contributed by atoms with Crippen molar-refractivity contribution in [1.82, 2.24) is 0 Å². The first-order valence-electron chi connectivity index (χ1n) is 8.10. The molecular weight excluding hydrogens is 338 g/mol. The number of ether oxygens (including phenoxy) is 3. The molecule has 0 aliphatic heterocycles. The Morgan fingerprint density at radius 2 is 1.69 bits per heavy atom. The lowest BCUT2D eigenvalue weighted by Gasteiger charge is -2.12. The molecule has 0 aliphatic carbocycles. The number of rotatable bonds is 9. The molecule has 138 valence electrons. The van der Waals surface area contributed by atoms with E-state index in [1.807, 2.05) is 6.92 Å². The maximum absolute atomic E-state index is 12.0. The van der Waals surface area contributed by atoms with Gasteiger partial charge in [-0.05, 0) is 48.9 Å². The number of benzene rings is 2. The average Bonchev–Trinajstić information content (AvgIpc) is 2.65. The number of aromatic carboxylic acids is 1. The summed E-state index contributed by atoms with van der Waals surface area (Å²) in [7, 11) is 1.40. The maximum Gasteiger partial charge on any atom is 0.335 e. The Bertz CT molecular complexity index is 757. The zero-order valence-corrected chi connectivity index (χ0v) is 14.7. The lowest BCUT2D eigenvalue weighted by molar-refractivity contribution is -0.118. The molecule has 2 rings (SSSR count). The van der Waals surface area contributed by atoms with Gasteiger partial charge in [-0.1, -0.05) is 6.92 Å². The van der Waals surface area contributed by atoms with Gasteiger partial charge in [0.25, 0.3) is 5.91 Å². The van der Waals surface area contributed by atoms with Gasteiger partial charge in [-0.15, -0.1) is 0 Å². The summed E-state index contributed by atoms with van der Waals surface area (Å²) in [5, 5.41) is 11.6. The fourth-order valence-electron chi connectivity index (χ4n) is 2.11. The van der Waals surface area contributed by atoms with Gasteiger partial charge >= 0.3 is 5.97 Å². The predicted octanol–water partition coefficient (Wildman–Crippen LogP) is 3.20. The first kappa shape index (κ1) is 19.1. The molecular formula is C19H21NO6. The molecule has 2 N–H and O–H groups in total. The van der Waals surface area contributed by atoms with Crippen molar-refractivity contribution in [1.29, 1.82) is 0 Å². The molecule has 26 heavy (non-hydrogen) atoms. The summed E-state index contributed by atoms with van der Waals surface area (Å²) < 4.78 is 16.0. The number of anilines is 1. The van der Waals surface area contributed by atoms with Crippen molar-refractivity contribution in [2.45, 2.75) is 13.3 Å². The van der Waals surface area contributed by atoms with Gasteiger partial charge < -0.3 is 24.6 Å². The monoisotopic (exact) mass is 359 g/mol. The van der Waals surface area contributed by atoms with Crippen LogP contribution in [0.2, 0.25) is 0 Å². The number of carbonyl (C=O) groups excluding carboxylic acids is 1. The van der Waals surface area contributed by atoms with Gasteiger partial charge in [-0.25, -0.2) is 4.79 Å². The number of hydrogen-bond donors (Lipinski definition) is 2. The van der Waals surface area contributed by atoms with Crippen LogP contribution in [0.15, 0.2) is 42.5 Å². The highest BCUT2D eigenvalue weighted by molar-refractivity contribution is 5.95. The lowest BCUT2D eigenvalue weighted by Crippen LogP contribution is -2.20. The highest BCUT2D eigenvalue weighted by Gasteiger charge is 2.12. The van der Waals surface area contributed by atoms with Crippen LogP contribution in [0.4, 0.5) is 5.69 Å². The molecule has 0 bridgehead atoms. The van der Waals surface area contributed by atoms with Gasteiger partial charge in [-0.3, -0.25) is 4.79 Å². The summed E-state index contributed by atoms with van der Waals surface area (Å²) in [6.07, 6.45) is 0.926. The molecule has 0 heterocycles. The topological polar surface area (TPSA) is 94.1 Å². The van der Waals surface area contributed by atoms with Crippen molar-refractivity contribution >= 4 is 17.6 Å². The first-order chi connectivity index (χ1) is 12.5. The first-order valence-corrected chi connectivity index (χ1v) is 8.10. The SMILES string of the molecule is CCCOc1ccc(OCC(=O)Nc2ccc(C(=O)O)cc2OC)cc1. The number of methoxy groups -OCH3 is 1. The molecule has 0 aliphatic rings. The van der Waals surface area contributed by atoms with Crippen LogP contribution < -0.4 is 19.5 Å². The Morgan fingerprint density at radius 3 is 2.27 bits per heavy atom. The second kappa shape index (κ2) is 9.31. The van der Waals surface area contributed by atoms with Crippen molar-refractivity contribution in [2.75, 3.05) is 25.6 Å². The summed E-state index contributed by atoms with van der Waals surface area (Å²) >= 11 is 0. The second-order valence-corrected chi connectivity index (χ2v) is 5.38. The Morgan fingerprint density at radius 1 is 1.04 bits per heavy atom. The minimum atomic E-state index is -1.07. The van der Waals surface area contributed by atoms with Gasteiger partial charge in [0.05, 0.1) is 25.0 Å². The standard InChI is InChI=1S/C19H21NO6/c1-3-10-25-14-5-7-15(8-6-14)26-12-18(21)20-16-9-4-13(19(22)23)11-17(16)24-2/h4-9,11H,3,10,12H2,1-2H3,(H,20,21)(H,22,23). The molecule has 2 aromatic carbocycles. The fraction of sp³-hybridized carbons (Fsp3) is 0.263. The van der Waals surface area contributed by atoms with Crippen LogP contribution in [0.25, 0.3) is 0 Å². The second-order valence-electron chi connectivity index (χ2n) is 5.38. The zero-order valence-electron chi connectivity index (χ0n) is 14.7. The predicted molar refractivity (Wildman–Crippen MR) is 96.3 cm³/mol. The molecule has 7 heteroatoms. The zero-order chi connectivity index (χ0) is 18.9. The number of amides is 1. The Balaban J connectivity index is 1.91. The number of hydrogen-bond acceptors (Lipinski definition) is 5. The molecule has 0 saturated heterocycles. The number of carbonyl (C=O) groups is 2. The smallest absolute Gasteiger partial charge is 0.335 e. The lowest BCUT2D eigenvalue weighted by atomic mass is 10.2.